The number of nitrogens with zero attached hydrogens (tertiary/aromatic N) is 2. The van der Waals surface area contributed by atoms with Crippen molar-refractivity contribution in [3.8, 4) is 5.75 Å². The summed E-state index contributed by atoms with van der Waals surface area (Å²) in [5.41, 5.74) is 2.05. The van der Waals surface area contributed by atoms with E-state index >= 15 is 0 Å². The van der Waals surface area contributed by atoms with Crippen LogP contribution in [0.3, 0.4) is 0 Å². The molecule has 1 saturated heterocycles. The number of rotatable bonds is 3. The van der Waals surface area contributed by atoms with Crippen LogP contribution in [0.5, 0.6) is 5.75 Å². The third-order valence-electron chi connectivity index (χ3n) is 4.23. The topological polar surface area (TPSA) is 41.1 Å². The maximum absolute atomic E-state index is 12.9. The molecule has 3 aromatic rings. The van der Waals surface area contributed by atoms with E-state index in [1.54, 1.807) is 12.1 Å². The number of benzene rings is 2. The molecular weight excluding hydrogens is 293 g/mol. The Kier molecular flexibility index (Phi) is 3.61. The molecule has 0 atom stereocenters. The molecule has 23 heavy (non-hydrogen) atoms. The lowest BCUT2D eigenvalue weighted by atomic mass is 10.1. The van der Waals surface area contributed by atoms with Gasteiger partial charge >= 0.3 is 0 Å². The first-order chi connectivity index (χ1) is 11.3. The van der Waals surface area contributed by atoms with Crippen LogP contribution < -0.4 is 9.64 Å². The number of aromatic amines is 1. The number of fused-ring (bicyclic) bond motifs is 1. The van der Waals surface area contributed by atoms with Gasteiger partial charge in [0.05, 0.1) is 11.0 Å². The van der Waals surface area contributed by atoms with Crippen molar-refractivity contribution in [3.63, 3.8) is 0 Å². The van der Waals surface area contributed by atoms with Crippen LogP contribution in [0.4, 0.5) is 10.3 Å². The Balaban J connectivity index is 1.39. The van der Waals surface area contributed by atoms with Gasteiger partial charge in [-0.2, -0.15) is 0 Å². The maximum Gasteiger partial charge on any atom is 0.203 e. The lowest BCUT2D eigenvalue weighted by Gasteiger charge is -2.31. The van der Waals surface area contributed by atoms with Crippen LogP contribution in [0.2, 0.25) is 0 Å². The van der Waals surface area contributed by atoms with Crippen LogP contribution in [0, 0.1) is 5.82 Å². The van der Waals surface area contributed by atoms with Gasteiger partial charge in [-0.1, -0.05) is 12.1 Å². The summed E-state index contributed by atoms with van der Waals surface area (Å²) < 4.78 is 18.8. The van der Waals surface area contributed by atoms with Crippen LogP contribution in [-0.4, -0.2) is 29.2 Å². The summed E-state index contributed by atoms with van der Waals surface area (Å²) in [5.74, 6) is 1.41. The van der Waals surface area contributed by atoms with E-state index in [9.17, 15) is 4.39 Å². The van der Waals surface area contributed by atoms with Crippen molar-refractivity contribution in [3.05, 3.63) is 54.3 Å². The highest BCUT2D eigenvalue weighted by Crippen LogP contribution is 2.23. The Morgan fingerprint density at radius 3 is 2.52 bits per heavy atom. The summed E-state index contributed by atoms with van der Waals surface area (Å²) in [6.45, 7) is 1.79. The Labute approximate surface area is 133 Å². The van der Waals surface area contributed by atoms with Gasteiger partial charge in [-0.25, -0.2) is 9.37 Å². The zero-order valence-corrected chi connectivity index (χ0v) is 12.7. The molecule has 0 unspecified atom stereocenters. The highest BCUT2D eigenvalue weighted by atomic mass is 19.1. The lowest BCUT2D eigenvalue weighted by Crippen LogP contribution is -2.38. The molecule has 0 amide bonds. The largest absolute Gasteiger partial charge is 0.490 e. The van der Waals surface area contributed by atoms with E-state index in [4.69, 9.17) is 4.74 Å². The predicted octanol–water partition coefficient (Wildman–Crippen LogP) is 3.75. The van der Waals surface area contributed by atoms with Crippen LogP contribution in [0.1, 0.15) is 12.8 Å². The number of H-pyrrole nitrogens is 1. The number of anilines is 1. The summed E-state index contributed by atoms with van der Waals surface area (Å²) in [6.07, 6.45) is 2.02. The Hall–Kier alpha value is -2.56. The number of nitrogens with one attached hydrogen (secondary N) is 1. The van der Waals surface area contributed by atoms with Crippen LogP contribution in [0.15, 0.2) is 48.5 Å². The molecule has 0 aliphatic carbocycles. The van der Waals surface area contributed by atoms with Crippen molar-refractivity contribution >= 4 is 17.0 Å². The monoisotopic (exact) mass is 311 g/mol. The van der Waals surface area contributed by atoms with E-state index in [0.29, 0.717) is 0 Å². The van der Waals surface area contributed by atoms with Crippen molar-refractivity contribution in [1.82, 2.24) is 9.97 Å². The molecule has 0 bridgehead atoms. The zero-order chi connectivity index (χ0) is 15.6. The molecule has 1 aliphatic heterocycles. The molecule has 2 heterocycles. The fourth-order valence-corrected chi connectivity index (χ4v) is 2.98. The number of piperidine rings is 1. The fraction of sp³-hybridized carbons (Fsp3) is 0.278. The molecule has 1 aromatic heterocycles. The summed E-state index contributed by atoms with van der Waals surface area (Å²) >= 11 is 0. The van der Waals surface area contributed by atoms with Gasteiger partial charge in [0.1, 0.15) is 17.7 Å². The standard InChI is InChI=1S/C18H18FN3O/c19-13-5-7-14(8-6-13)23-15-9-11-22(12-10-15)18-20-16-3-1-2-4-17(16)21-18/h1-8,15H,9-12H2,(H,20,21). The quantitative estimate of drug-likeness (QED) is 0.801. The van der Waals surface area contributed by atoms with Gasteiger partial charge in [0.2, 0.25) is 5.95 Å². The molecule has 4 nitrogen and oxygen atoms in total. The normalized spacial score (nSPS) is 16.0. The van der Waals surface area contributed by atoms with E-state index in [0.717, 1.165) is 48.7 Å². The molecule has 1 N–H and O–H groups in total. The smallest absolute Gasteiger partial charge is 0.203 e. The van der Waals surface area contributed by atoms with E-state index in [2.05, 4.69) is 14.9 Å². The minimum atomic E-state index is -0.239. The molecule has 0 radical (unpaired) electrons. The maximum atomic E-state index is 12.9. The number of hydrogen-bond donors (Lipinski definition) is 1. The molecule has 1 aliphatic rings. The van der Waals surface area contributed by atoms with Crippen LogP contribution in [-0.2, 0) is 0 Å². The van der Waals surface area contributed by atoms with Crippen LogP contribution in [0.25, 0.3) is 11.0 Å². The highest BCUT2D eigenvalue weighted by molar-refractivity contribution is 5.77. The Bertz CT molecular complexity index is 758. The molecule has 118 valence electrons. The van der Waals surface area contributed by atoms with Crippen molar-refractivity contribution in [2.24, 2.45) is 0 Å². The number of para-hydroxylation sites is 2. The summed E-state index contributed by atoms with van der Waals surface area (Å²) in [7, 11) is 0. The number of aromatic nitrogens is 2. The third kappa shape index (κ3) is 2.99. The lowest BCUT2D eigenvalue weighted by molar-refractivity contribution is 0.170. The van der Waals surface area contributed by atoms with Gasteiger partial charge in [-0.05, 0) is 36.4 Å². The molecule has 1 fully saturated rings. The second kappa shape index (κ2) is 5.91. The van der Waals surface area contributed by atoms with E-state index in [-0.39, 0.29) is 11.9 Å². The first-order valence-corrected chi connectivity index (χ1v) is 7.90. The molecule has 0 spiro atoms. The number of halogens is 1. The molecule has 4 rings (SSSR count). The summed E-state index contributed by atoms with van der Waals surface area (Å²) in [4.78, 5) is 10.3. The number of hydrogen-bond acceptors (Lipinski definition) is 3. The first-order valence-electron chi connectivity index (χ1n) is 7.90. The van der Waals surface area contributed by atoms with E-state index in [1.807, 2.05) is 24.3 Å². The van der Waals surface area contributed by atoms with Crippen molar-refractivity contribution in [2.45, 2.75) is 18.9 Å². The predicted molar refractivity (Wildman–Crippen MR) is 88.4 cm³/mol. The summed E-state index contributed by atoms with van der Waals surface area (Å²) in [5, 5.41) is 0. The van der Waals surface area contributed by atoms with Gasteiger partial charge < -0.3 is 14.6 Å². The van der Waals surface area contributed by atoms with Crippen molar-refractivity contribution < 1.29 is 9.13 Å². The second-order valence-corrected chi connectivity index (χ2v) is 5.84. The van der Waals surface area contributed by atoms with E-state index < -0.39 is 0 Å². The number of ether oxygens (including phenoxy) is 1. The van der Waals surface area contributed by atoms with Crippen LogP contribution >= 0.6 is 0 Å². The fourth-order valence-electron chi connectivity index (χ4n) is 2.98. The second-order valence-electron chi connectivity index (χ2n) is 5.84. The van der Waals surface area contributed by atoms with E-state index in [1.165, 1.54) is 12.1 Å². The Morgan fingerprint density at radius 1 is 1.04 bits per heavy atom. The minimum absolute atomic E-state index is 0.168. The average Bonchev–Trinajstić information content (AvgIpc) is 3.02. The van der Waals surface area contributed by atoms with Gasteiger partial charge in [-0.15, -0.1) is 0 Å². The third-order valence-corrected chi connectivity index (χ3v) is 4.23. The van der Waals surface area contributed by atoms with Gasteiger partial charge in [0, 0.05) is 25.9 Å². The SMILES string of the molecule is Fc1ccc(OC2CCN(c3nc4ccccc4[nH]3)CC2)cc1. The first kappa shape index (κ1) is 14.1. The molecule has 0 saturated carbocycles. The zero-order valence-electron chi connectivity index (χ0n) is 12.7. The molecule has 5 heteroatoms. The van der Waals surface area contributed by atoms with Gasteiger partial charge in [-0.3, -0.25) is 0 Å². The Morgan fingerprint density at radius 2 is 1.78 bits per heavy atom. The highest BCUT2D eigenvalue weighted by Gasteiger charge is 2.22. The molecular formula is C18H18FN3O. The molecule has 2 aromatic carbocycles. The van der Waals surface area contributed by atoms with Crippen molar-refractivity contribution in [1.29, 1.82) is 0 Å². The van der Waals surface area contributed by atoms with Crippen molar-refractivity contribution in [2.75, 3.05) is 18.0 Å². The van der Waals surface area contributed by atoms with Gasteiger partial charge in [0.25, 0.3) is 0 Å². The average molecular weight is 311 g/mol. The summed E-state index contributed by atoms with van der Waals surface area (Å²) in [6, 6.07) is 14.3. The van der Waals surface area contributed by atoms with Gasteiger partial charge in [0.15, 0.2) is 0 Å². The minimum Gasteiger partial charge on any atom is -0.490 e. The number of imidazole rings is 1.